The minimum absolute atomic E-state index is 0.0842. The molecule has 0 unspecified atom stereocenters. The lowest BCUT2D eigenvalue weighted by Gasteiger charge is -2.33. The quantitative estimate of drug-likeness (QED) is 0.877. The van der Waals surface area contributed by atoms with Gasteiger partial charge in [0.2, 0.25) is 5.91 Å². The molecule has 2 aromatic rings. The third-order valence-corrected chi connectivity index (χ3v) is 4.19. The van der Waals surface area contributed by atoms with E-state index >= 15 is 0 Å². The summed E-state index contributed by atoms with van der Waals surface area (Å²) >= 11 is 0. The van der Waals surface area contributed by atoms with E-state index in [0.717, 1.165) is 37.2 Å². The molecule has 126 valence electrons. The van der Waals surface area contributed by atoms with Crippen LogP contribution in [0.3, 0.4) is 0 Å². The maximum absolute atomic E-state index is 13.0. The van der Waals surface area contributed by atoms with E-state index in [2.05, 4.69) is 15.3 Å². The summed E-state index contributed by atoms with van der Waals surface area (Å²) in [5.41, 5.74) is 1.93. The van der Waals surface area contributed by atoms with Gasteiger partial charge in [0.25, 0.3) is 0 Å². The number of aromatic nitrogens is 2. The Labute approximate surface area is 140 Å². The number of aryl methyl sites for hydroxylation is 1. The third-order valence-electron chi connectivity index (χ3n) is 4.19. The van der Waals surface area contributed by atoms with Gasteiger partial charge in [-0.1, -0.05) is 0 Å². The van der Waals surface area contributed by atoms with Gasteiger partial charge in [-0.2, -0.15) is 5.10 Å². The van der Waals surface area contributed by atoms with Crippen molar-refractivity contribution in [2.75, 3.05) is 18.0 Å². The Morgan fingerprint density at radius 3 is 2.62 bits per heavy atom. The fraction of sp³-hybridized carbons (Fsp3) is 0.333. The van der Waals surface area contributed by atoms with Crippen LogP contribution in [0.2, 0.25) is 0 Å². The van der Waals surface area contributed by atoms with Gasteiger partial charge in [-0.15, -0.1) is 0 Å². The maximum atomic E-state index is 13.0. The van der Waals surface area contributed by atoms with Crippen molar-refractivity contribution < 1.29 is 9.18 Å². The zero-order valence-corrected chi connectivity index (χ0v) is 13.7. The SMILES string of the molecule is Cn1cc(/C=C\C(=O)NC2CCN(c3ccc(F)cc3)CC2)cn1. The summed E-state index contributed by atoms with van der Waals surface area (Å²) in [6, 6.07) is 6.72. The van der Waals surface area contributed by atoms with Crippen LogP contribution in [0.4, 0.5) is 10.1 Å². The summed E-state index contributed by atoms with van der Waals surface area (Å²) in [5.74, 6) is -0.305. The summed E-state index contributed by atoms with van der Waals surface area (Å²) in [6.07, 6.45) is 8.63. The summed E-state index contributed by atoms with van der Waals surface area (Å²) < 4.78 is 14.7. The van der Waals surface area contributed by atoms with E-state index in [1.807, 2.05) is 13.2 Å². The van der Waals surface area contributed by atoms with E-state index in [0.29, 0.717) is 0 Å². The molecule has 0 aliphatic carbocycles. The van der Waals surface area contributed by atoms with Crippen LogP contribution in [-0.4, -0.2) is 34.8 Å². The second kappa shape index (κ2) is 7.29. The molecule has 1 N–H and O–H groups in total. The Morgan fingerprint density at radius 2 is 2.00 bits per heavy atom. The Bertz CT molecular complexity index is 715. The van der Waals surface area contributed by atoms with Crippen molar-refractivity contribution in [2.24, 2.45) is 7.05 Å². The standard InChI is InChI=1S/C18H21FN4O/c1-22-13-14(12-20-22)2-7-18(24)21-16-8-10-23(11-9-16)17-5-3-15(19)4-6-17/h2-7,12-13,16H,8-11H2,1H3,(H,21,24)/b7-2-. The first-order valence-corrected chi connectivity index (χ1v) is 8.08. The topological polar surface area (TPSA) is 50.2 Å². The molecule has 6 heteroatoms. The molecule has 0 radical (unpaired) electrons. The van der Waals surface area contributed by atoms with Crippen LogP contribution < -0.4 is 10.2 Å². The van der Waals surface area contributed by atoms with Gasteiger partial charge in [0.1, 0.15) is 5.82 Å². The Kier molecular flexibility index (Phi) is 4.93. The summed E-state index contributed by atoms with van der Waals surface area (Å²) in [5, 5.41) is 7.09. The highest BCUT2D eigenvalue weighted by Crippen LogP contribution is 2.20. The molecule has 0 bridgehead atoms. The van der Waals surface area contributed by atoms with Crippen molar-refractivity contribution in [3.05, 3.63) is 54.1 Å². The molecule has 1 saturated heterocycles. The average molecular weight is 328 g/mol. The van der Waals surface area contributed by atoms with Crippen molar-refractivity contribution in [1.29, 1.82) is 0 Å². The average Bonchev–Trinajstić information content (AvgIpc) is 3.00. The van der Waals surface area contributed by atoms with E-state index in [4.69, 9.17) is 0 Å². The van der Waals surface area contributed by atoms with E-state index in [1.165, 1.54) is 12.1 Å². The number of nitrogens with zero attached hydrogens (tertiary/aromatic N) is 3. The number of amides is 1. The molecule has 1 amide bonds. The van der Waals surface area contributed by atoms with Gasteiger partial charge in [-0.3, -0.25) is 9.48 Å². The van der Waals surface area contributed by atoms with Gasteiger partial charge in [0.05, 0.1) is 6.20 Å². The molecule has 0 saturated carbocycles. The highest BCUT2D eigenvalue weighted by Gasteiger charge is 2.20. The van der Waals surface area contributed by atoms with Crippen LogP contribution in [0.25, 0.3) is 6.08 Å². The van der Waals surface area contributed by atoms with Gasteiger partial charge in [-0.05, 0) is 43.2 Å². The summed E-state index contributed by atoms with van der Waals surface area (Å²) in [6.45, 7) is 1.70. The number of halogens is 1. The number of nitrogens with one attached hydrogen (secondary N) is 1. The largest absolute Gasteiger partial charge is 0.371 e. The number of carbonyl (C=O) groups excluding carboxylic acids is 1. The molecule has 2 heterocycles. The maximum Gasteiger partial charge on any atom is 0.244 e. The lowest BCUT2D eigenvalue weighted by molar-refractivity contribution is -0.117. The molecule has 3 rings (SSSR count). The number of piperidine rings is 1. The van der Waals surface area contributed by atoms with Gasteiger partial charge < -0.3 is 10.2 Å². The van der Waals surface area contributed by atoms with Crippen molar-refractivity contribution in [3.63, 3.8) is 0 Å². The fourth-order valence-electron chi connectivity index (χ4n) is 2.88. The number of rotatable bonds is 4. The highest BCUT2D eigenvalue weighted by atomic mass is 19.1. The van der Waals surface area contributed by atoms with Gasteiger partial charge >= 0.3 is 0 Å². The second-order valence-electron chi connectivity index (χ2n) is 6.03. The molecule has 1 aromatic heterocycles. The van der Waals surface area contributed by atoms with E-state index in [1.54, 1.807) is 35.2 Å². The Balaban J connectivity index is 1.47. The second-order valence-corrected chi connectivity index (χ2v) is 6.03. The molecule has 5 nitrogen and oxygen atoms in total. The lowest BCUT2D eigenvalue weighted by atomic mass is 10.0. The van der Waals surface area contributed by atoms with Crippen LogP contribution in [-0.2, 0) is 11.8 Å². The number of carbonyl (C=O) groups is 1. The first kappa shape index (κ1) is 16.2. The molecule has 1 fully saturated rings. The van der Waals surface area contributed by atoms with E-state index in [9.17, 15) is 9.18 Å². The lowest BCUT2D eigenvalue weighted by Crippen LogP contribution is -2.44. The number of hydrogen-bond donors (Lipinski definition) is 1. The van der Waals surface area contributed by atoms with Crippen LogP contribution >= 0.6 is 0 Å². The normalized spacial score (nSPS) is 15.8. The number of benzene rings is 1. The zero-order chi connectivity index (χ0) is 16.9. The van der Waals surface area contributed by atoms with Gasteiger partial charge in [0.15, 0.2) is 0 Å². The summed E-state index contributed by atoms with van der Waals surface area (Å²) in [4.78, 5) is 14.2. The van der Waals surface area contributed by atoms with Gasteiger partial charge in [-0.25, -0.2) is 4.39 Å². The fourth-order valence-corrected chi connectivity index (χ4v) is 2.88. The smallest absolute Gasteiger partial charge is 0.244 e. The molecule has 0 atom stereocenters. The van der Waals surface area contributed by atoms with Crippen molar-refractivity contribution in [2.45, 2.75) is 18.9 Å². The van der Waals surface area contributed by atoms with Crippen LogP contribution in [0.1, 0.15) is 18.4 Å². The molecule has 0 spiro atoms. The highest BCUT2D eigenvalue weighted by molar-refractivity contribution is 5.91. The number of hydrogen-bond acceptors (Lipinski definition) is 3. The zero-order valence-electron chi connectivity index (χ0n) is 13.7. The van der Waals surface area contributed by atoms with Crippen molar-refractivity contribution >= 4 is 17.7 Å². The Morgan fingerprint density at radius 1 is 1.29 bits per heavy atom. The van der Waals surface area contributed by atoms with E-state index < -0.39 is 0 Å². The molecule has 1 aliphatic heterocycles. The minimum Gasteiger partial charge on any atom is -0.371 e. The minimum atomic E-state index is -0.221. The first-order valence-electron chi connectivity index (χ1n) is 8.08. The predicted octanol–water partition coefficient (Wildman–Crippen LogP) is 2.36. The molecule has 1 aromatic carbocycles. The number of anilines is 1. The van der Waals surface area contributed by atoms with Crippen LogP contribution in [0.15, 0.2) is 42.7 Å². The summed E-state index contributed by atoms with van der Waals surface area (Å²) in [7, 11) is 1.84. The predicted molar refractivity (Wildman–Crippen MR) is 92.0 cm³/mol. The molecular weight excluding hydrogens is 307 g/mol. The molecule has 24 heavy (non-hydrogen) atoms. The van der Waals surface area contributed by atoms with Crippen molar-refractivity contribution in [1.82, 2.24) is 15.1 Å². The molecule has 1 aliphatic rings. The first-order chi connectivity index (χ1) is 11.6. The Hall–Kier alpha value is -2.63. The third kappa shape index (κ3) is 4.22. The monoisotopic (exact) mass is 328 g/mol. The van der Waals surface area contributed by atoms with Crippen LogP contribution in [0.5, 0.6) is 0 Å². The van der Waals surface area contributed by atoms with E-state index in [-0.39, 0.29) is 17.8 Å². The van der Waals surface area contributed by atoms with Crippen LogP contribution in [0, 0.1) is 5.82 Å². The molecular formula is C18H21FN4O. The van der Waals surface area contributed by atoms with Gasteiger partial charge in [0, 0.05) is 49.7 Å². The van der Waals surface area contributed by atoms with Crippen molar-refractivity contribution in [3.8, 4) is 0 Å².